The Labute approximate surface area is 224 Å². The Balaban J connectivity index is 1.43. The zero-order valence-electron chi connectivity index (χ0n) is 20.5. The van der Waals surface area contributed by atoms with E-state index in [-0.39, 0.29) is 29.7 Å². The lowest BCUT2D eigenvalue weighted by Gasteiger charge is -2.21. The van der Waals surface area contributed by atoms with E-state index in [0.29, 0.717) is 20.9 Å². The lowest BCUT2D eigenvalue weighted by atomic mass is 10.1. The number of hydrogen-bond acceptors (Lipinski definition) is 5. The molecule has 0 spiro atoms. The van der Waals surface area contributed by atoms with Gasteiger partial charge in [-0.2, -0.15) is 4.31 Å². The Hall–Kier alpha value is -3.92. The van der Waals surface area contributed by atoms with Gasteiger partial charge < -0.3 is 0 Å². The van der Waals surface area contributed by atoms with Crippen LogP contribution in [0.1, 0.15) is 21.5 Å². The first-order chi connectivity index (χ1) is 18.3. The molecule has 0 aliphatic carbocycles. The topological polar surface area (TPSA) is 70.6 Å². The molecule has 1 aromatic heterocycles. The summed E-state index contributed by atoms with van der Waals surface area (Å²) in [5, 5.41) is 0.429. The van der Waals surface area contributed by atoms with E-state index in [2.05, 4.69) is 4.98 Å². The number of carbonyl (C=O) groups excluding carboxylic acids is 1. The molecule has 1 amide bonds. The number of rotatable bonds is 8. The second-order valence-electron chi connectivity index (χ2n) is 8.76. The molecule has 6 nitrogen and oxygen atoms in total. The lowest BCUT2D eigenvalue weighted by Crippen LogP contribution is -2.30. The first-order valence-electron chi connectivity index (χ1n) is 11.8. The third-order valence-electron chi connectivity index (χ3n) is 6.06. The second-order valence-corrected chi connectivity index (χ2v) is 11.8. The van der Waals surface area contributed by atoms with Crippen molar-refractivity contribution in [2.75, 3.05) is 11.9 Å². The van der Waals surface area contributed by atoms with Crippen LogP contribution < -0.4 is 4.90 Å². The maximum absolute atomic E-state index is 13.8. The van der Waals surface area contributed by atoms with Crippen molar-refractivity contribution in [2.45, 2.75) is 18.0 Å². The molecule has 0 N–H and O–H groups in total. The minimum absolute atomic E-state index is 0.0950. The lowest BCUT2D eigenvalue weighted by molar-refractivity contribution is 0.0985. The van der Waals surface area contributed by atoms with Crippen LogP contribution in [0.25, 0.3) is 10.2 Å². The minimum Gasteiger partial charge on any atom is -0.279 e. The van der Waals surface area contributed by atoms with Gasteiger partial charge in [0, 0.05) is 19.2 Å². The molecule has 0 bridgehead atoms. The molecule has 0 radical (unpaired) electrons. The number of hydrogen-bond donors (Lipinski definition) is 0. The number of benzene rings is 4. The number of anilines is 1. The molecule has 0 atom stereocenters. The maximum Gasteiger partial charge on any atom is 0.260 e. The summed E-state index contributed by atoms with van der Waals surface area (Å²) < 4.78 is 42.0. The summed E-state index contributed by atoms with van der Waals surface area (Å²) in [6.07, 6.45) is 0. The quantitative estimate of drug-likeness (QED) is 0.236. The molecule has 1 heterocycles. The van der Waals surface area contributed by atoms with Gasteiger partial charge in [-0.3, -0.25) is 9.69 Å². The number of thiazole rings is 1. The average molecular weight is 546 g/mol. The van der Waals surface area contributed by atoms with Crippen LogP contribution in [-0.2, 0) is 23.1 Å². The molecule has 0 unspecified atom stereocenters. The van der Waals surface area contributed by atoms with Crippen LogP contribution >= 0.6 is 11.3 Å². The number of sulfonamides is 1. The van der Waals surface area contributed by atoms with E-state index in [9.17, 15) is 17.6 Å². The van der Waals surface area contributed by atoms with Crippen LogP contribution in [0.3, 0.4) is 0 Å². The highest BCUT2D eigenvalue weighted by atomic mass is 32.2. The molecule has 4 aromatic carbocycles. The minimum atomic E-state index is -3.76. The van der Waals surface area contributed by atoms with E-state index in [1.807, 2.05) is 60.7 Å². The van der Waals surface area contributed by atoms with Crippen LogP contribution in [0.15, 0.2) is 108 Å². The number of amides is 1. The van der Waals surface area contributed by atoms with Crippen molar-refractivity contribution < 1.29 is 17.6 Å². The van der Waals surface area contributed by atoms with Crippen molar-refractivity contribution in [3.8, 4) is 0 Å². The van der Waals surface area contributed by atoms with Crippen molar-refractivity contribution in [3.05, 3.63) is 126 Å². The molecular weight excluding hydrogens is 521 g/mol. The third-order valence-corrected chi connectivity index (χ3v) is 8.92. The molecule has 192 valence electrons. The van der Waals surface area contributed by atoms with Crippen LogP contribution in [0.5, 0.6) is 0 Å². The molecule has 5 aromatic rings. The predicted molar refractivity (Wildman–Crippen MR) is 148 cm³/mol. The van der Waals surface area contributed by atoms with E-state index in [4.69, 9.17) is 0 Å². The summed E-state index contributed by atoms with van der Waals surface area (Å²) in [4.78, 5) is 19.9. The molecule has 9 heteroatoms. The highest BCUT2D eigenvalue weighted by Crippen LogP contribution is 2.31. The van der Waals surface area contributed by atoms with Crippen molar-refractivity contribution in [2.24, 2.45) is 0 Å². The van der Waals surface area contributed by atoms with Gasteiger partial charge in [0.1, 0.15) is 5.82 Å². The summed E-state index contributed by atoms with van der Waals surface area (Å²) in [6.45, 7) is 0.481. The number of aromatic nitrogens is 1. The van der Waals surface area contributed by atoms with E-state index < -0.39 is 10.0 Å². The molecule has 0 aliphatic heterocycles. The Morgan fingerprint density at radius 3 is 2.08 bits per heavy atom. The van der Waals surface area contributed by atoms with Crippen molar-refractivity contribution in [1.82, 2.24) is 9.29 Å². The normalized spacial score (nSPS) is 11.7. The summed E-state index contributed by atoms with van der Waals surface area (Å²) in [5.41, 5.74) is 2.68. The largest absolute Gasteiger partial charge is 0.279 e. The summed E-state index contributed by atoms with van der Waals surface area (Å²) in [7, 11) is -2.23. The molecular formula is C29H24FN3O3S2. The van der Waals surface area contributed by atoms with Gasteiger partial charge in [-0.25, -0.2) is 17.8 Å². The maximum atomic E-state index is 13.8. The number of fused-ring (bicyclic) bond motifs is 1. The van der Waals surface area contributed by atoms with Gasteiger partial charge in [-0.15, -0.1) is 0 Å². The third kappa shape index (κ3) is 5.50. The summed E-state index contributed by atoms with van der Waals surface area (Å²) in [5.74, 6) is -0.711. The van der Waals surface area contributed by atoms with Gasteiger partial charge in [0.25, 0.3) is 5.91 Å². The van der Waals surface area contributed by atoms with Crippen LogP contribution in [0, 0.1) is 5.82 Å². The molecule has 5 rings (SSSR count). The van der Waals surface area contributed by atoms with Gasteiger partial charge in [-0.05, 0) is 53.6 Å². The SMILES string of the molecule is CN(Cc1ccccc1)S(=O)(=O)c1ccc(C(=O)N(Cc2ccccc2)c2nc3ccc(F)cc3s2)cc1. The van der Waals surface area contributed by atoms with E-state index in [1.54, 1.807) is 6.07 Å². The first-order valence-corrected chi connectivity index (χ1v) is 14.1. The number of carbonyl (C=O) groups is 1. The van der Waals surface area contributed by atoms with E-state index in [0.717, 1.165) is 11.1 Å². The van der Waals surface area contributed by atoms with Gasteiger partial charge in [0.15, 0.2) is 5.13 Å². The average Bonchev–Trinajstić information content (AvgIpc) is 3.35. The molecule has 0 saturated carbocycles. The van der Waals surface area contributed by atoms with Gasteiger partial charge >= 0.3 is 0 Å². The first kappa shape index (κ1) is 25.7. The van der Waals surface area contributed by atoms with Crippen LogP contribution in [-0.4, -0.2) is 30.7 Å². The number of nitrogens with zero attached hydrogens (tertiary/aromatic N) is 3. The van der Waals surface area contributed by atoms with Crippen LogP contribution in [0.4, 0.5) is 9.52 Å². The Morgan fingerprint density at radius 2 is 1.45 bits per heavy atom. The highest BCUT2D eigenvalue weighted by molar-refractivity contribution is 7.89. The zero-order valence-corrected chi connectivity index (χ0v) is 22.1. The Kier molecular flexibility index (Phi) is 7.33. The fraction of sp³-hybridized carbons (Fsp3) is 0.103. The standard InChI is InChI=1S/C29H24FN3O3S2/c1-32(19-21-8-4-2-5-9-21)38(35,36)25-15-12-23(13-16-25)28(34)33(20-22-10-6-3-7-11-22)29-31-26-17-14-24(30)18-27(26)37-29/h2-18H,19-20H2,1H3. The predicted octanol–water partition coefficient (Wildman–Crippen LogP) is 6.10. The summed E-state index contributed by atoms with van der Waals surface area (Å²) in [6, 6.07) is 29.0. The van der Waals surface area contributed by atoms with Gasteiger partial charge in [-0.1, -0.05) is 72.0 Å². The highest BCUT2D eigenvalue weighted by Gasteiger charge is 2.24. The summed E-state index contributed by atoms with van der Waals surface area (Å²) >= 11 is 1.23. The second kappa shape index (κ2) is 10.8. The van der Waals surface area contributed by atoms with Crippen molar-refractivity contribution >= 4 is 42.6 Å². The van der Waals surface area contributed by atoms with E-state index in [1.165, 1.54) is 64.0 Å². The Bertz CT molecular complexity index is 1670. The molecule has 0 fully saturated rings. The van der Waals surface area contributed by atoms with Gasteiger partial charge in [0.2, 0.25) is 10.0 Å². The fourth-order valence-electron chi connectivity index (χ4n) is 4.02. The van der Waals surface area contributed by atoms with E-state index >= 15 is 0 Å². The monoisotopic (exact) mass is 545 g/mol. The molecule has 0 aliphatic rings. The van der Waals surface area contributed by atoms with Crippen molar-refractivity contribution in [3.63, 3.8) is 0 Å². The Morgan fingerprint density at radius 1 is 0.842 bits per heavy atom. The van der Waals surface area contributed by atoms with Gasteiger partial charge in [0.05, 0.1) is 21.7 Å². The smallest absolute Gasteiger partial charge is 0.260 e. The molecule has 38 heavy (non-hydrogen) atoms. The van der Waals surface area contributed by atoms with Crippen LogP contribution in [0.2, 0.25) is 0 Å². The zero-order chi connectivity index (χ0) is 26.7. The molecule has 0 saturated heterocycles. The van der Waals surface area contributed by atoms with Crippen molar-refractivity contribution in [1.29, 1.82) is 0 Å². The number of halogens is 1. The fourth-order valence-corrected chi connectivity index (χ4v) is 6.17.